The quantitative estimate of drug-likeness (QED) is 0.165. The lowest BCUT2D eigenvalue weighted by Crippen LogP contribution is -2.61. The molecule has 0 saturated heterocycles. The molecule has 0 spiro atoms. The molecule has 78 heavy (non-hydrogen) atoms. The summed E-state index contributed by atoms with van der Waals surface area (Å²) < 4.78 is 7.81. The lowest BCUT2D eigenvalue weighted by Gasteiger charge is -2.51. The van der Waals surface area contributed by atoms with Crippen LogP contribution in [-0.2, 0) is 43.3 Å². The minimum absolute atomic E-state index is 0.0215. The number of benzene rings is 6. The normalized spacial score (nSPS) is 26.1. The Kier molecular flexibility index (Phi) is 10.1. The van der Waals surface area contributed by atoms with Crippen molar-refractivity contribution in [2.24, 2.45) is 0 Å². The fraction of sp³-hybridized carbons (Fsp3) is 0.479. The molecular weight excluding hydrogens is 946 g/mol. The van der Waals surface area contributed by atoms with Crippen LogP contribution < -0.4 is 31.3 Å². The summed E-state index contributed by atoms with van der Waals surface area (Å²) >= 11 is 0. The van der Waals surface area contributed by atoms with Crippen molar-refractivity contribution in [1.82, 2.24) is 0 Å². The zero-order chi connectivity index (χ0) is 55.0. The SMILES string of the molecule is CC(C)(C)c1ccc(N2c3ccc(C(C)(C)C)cc3B3c4oc5cc6c(cc5c4N(c4ccc5c(c4)C(C)(C)CCC5(C)C)c4cc(N5c7ccc(C(C)(C)C)cc7C7(C)CCCCC57C)cc2c43)C2(C)CCC6(C)C2)cc1. The third-order valence-corrected chi connectivity index (χ3v) is 22.3. The van der Waals surface area contributed by atoms with Crippen molar-refractivity contribution in [1.29, 1.82) is 0 Å². The van der Waals surface area contributed by atoms with E-state index in [1.54, 1.807) is 0 Å². The number of anilines is 8. The molecule has 402 valence electrons. The standard InChI is InChI=1S/C73H86BN3O/c1-65(2,3)44-20-24-47(25-21-44)75-58-29-23-46(67(7,8)9)37-56(58)74-62-59(75)39-49(77-57-28-22-45(66(4,5)6)36-55(57)72(16)30-18-19-31-73(72,77)17)40-60(62)76(48-26-27-51-52(38-48)69(12,13)33-32-68(51,10)11)63-50-41-53-54(42-61(50)78-64(63)74)71(15)35-34-70(53,14)43-71/h20-29,36-42H,18-19,30-35,43H2,1-17H3. The highest BCUT2D eigenvalue weighted by molar-refractivity contribution is 7.00. The molecule has 4 heterocycles. The molecule has 4 nitrogen and oxygen atoms in total. The summed E-state index contributed by atoms with van der Waals surface area (Å²) in [4.78, 5) is 8.22. The van der Waals surface area contributed by atoms with Crippen LogP contribution in [-0.4, -0.2) is 12.3 Å². The van der Waals surface area contributed by atoms with Gasteiger partial charge >= 0.3 is 0 Å². The van der Waals surface area contributed by atoms with E-state index >= 15 is 0 Å². The average Bonchev–Trinajstić information content (AvgIpc) is 3.91. The van der Waals surface area contributed by atoms with E-state index in [1.807, 2.05) is 0 Å². The van der Waals surface area contributed by atoms with Crippen molar-refractivity contribution in [2.75, 3.05) is 14.7 Å². The van der Waals surface area contributed by atoms with E-state index in [0.717, 1.165) is 24.1 Å². The molecule has 0 amide bonds. The molecule has 4 aliphatic carbocycles. The first kappa shape index (κ1) is 50.5. The van der Waals surface area contributed by atoms with Gasteiger partial charge in [-0.1, -0.05) is 166 Å². The molecule has 4 unspecified atom stereocenters. The van der Waals surface area contributed by atoms with Crippen LogP contribution in [0.15, 0.2) is 108 Å². The predicted octanol–water partition coefficient (Wildman–Crippen LogP) is 18.2. The van der Waals surface area contributed by atoms with Crippen LogP contribution in [0.1, 0.15) is 220 Å². The molecule has 5 heteroatoms. The number of nitrogens with zero attached hydrogens (tertiary/aromatic N) is 3. The summed E-state index contributed by atoms with van der Waals surface area (Å²) in [6, 6.07) is 42.6. The molecule has 6 aromatic carbocycles. The first-order valence-electron chi connectivity index (χ1n) is 30.2. The van der Waals surface area contributed by atoms with Crippen LogP contribution in [0.3, 0.4) is 0 Å². The van der Waals surface area contributed by atoms with Gasteiger partial charge in [0.25, 0.3) is 6.71 Å². The van der Waals surface area contributed by atoms with E-state index in [9.17, 15) is 0 Å². The Labute approximate surface area is 468 Å². The first-order chi connectivity index (χ1) is 36.5. The van der Waals surface area contributed by atoms with Gasteiger partial charge in [-0.2, -0.15) is 0 Å². The van der Waals surface area contributed by atoms with Crippen LogP contribution >= 0.6 is 0 Å². The fourth-order valence-corrected chi connectivity index (χ4v) is 17.1. The Balaban J connectivity index is 1.13. The van der Waals surface area contributed by atoms with Crippen molar-refractivity contribution in [2.45, 2.75) is 224 Å². The van der Waals surface area contributed by atoms with Crippen molar-refractivity contribution >= 4 is 79.8 Å². The highest BCUT2D eigenvalue weighted by Gasteiger charge is 2.59. The highest BCUT2D eigenvalue weighted by atomic mass is 16.3. The highest BCUT2D eigenvalue weighted by Crippen LogP contribution is 2.64. The molecule has 7 aliphatic rings. The van der Waals surface area contributed by atoms with Gasteiger partial charge in [-0.3, -0.25) is 0 Å². The van der Waals surface area contributed by atoms with Gasteiger partial charge in [0, 0.05) is 50.6 Å². The first-order valence-corrected chi connectivity index (χ1v) is 30.2. The molecule has 0 radical (unpaired) electrons. The van der Waals surface area contributed by atoms with Crippen molar-refractivity contribution in [3.05, 3.63) is 148 Å². The van der Waals surface area contributed by atoms with Gasteiger partial charge in [-0.05, 0) is 206 Å². The van der Waals surface area contributed by atoms with Crippen molar-refractivity contribution < 1.29 is 4.42 Å². The van der Waals surface area contributed by atoms with Gasteiger partial charge in [0.15, 0.2) is 0 Å². The largest absolute Gasteiger partial charge is 0.468 e. The van der Waals surface area contributed by atoms with Crippen LogP contribution in [0, 0.1) is 0 Å². The van der Waals surface area contributed by atoms with Crippen LogP contribution in [0.25, 0.3) is 11.0 Å². The zero-order valence-corrected chi connectivity index (χ0v) is 50.5. The monoisotopic (exact) mass is 1030 g/mol. The summed E-state index contributed by atoms with van der Waals surface area (Å²) in [6.07, 6.45) is 10.8. The fourth-order valence-electron chi connectivity index (χ4n) is 17.1. The van der Waals surface area contributed by atoms with Gasteiger partial charge in [0.1, 0.15) is 5.58 Å². The average molecular weight is 1030 g/mol. The van der Waals surface area contributed by atoms with E-state index in [1.165, 1.54) is 151 Å². The maximum atomic E-state index is 7.81. The van der Waals surface area contributed by atoms with E-state index < -0.39 is 0 Å². The van der Waals surface area contributed by atoms with Crippen LogP contribution in [0.2, 0.25) is 0 Å². The van der Waals surface area contributed by atoms with Gasteiger partial charge in [0.05, 0.1) is 16.9 Å². The van der Waals surface area contributed by atoms with E-state index in [-0.39, 0.29) is 55.6 Å². The smallest absolute Gasteiger partial charge is 0.297 e. The number of fused-ring (bicyclic) bond motifs is 15. The summed E-state index contributed by atoms with van der Waals surface area (Å²) in [5.41, 5.74) is 26.6. The second kappa shape index (κ2) is 15.6. The number of rotatable bonds is 3. The molecule has 0 N–H and O–H groups in total. The van der Waals surface area contributed by atoms with Gasteiger partial charge in [-0.25, -0.2) is 0 Å². The Morgan fingerprint density at radius 3 is 1.67 bits per heavy atom. The minimum Gasteiger partial charge on any atom is -0.468 e. The Hall–Kier alpha value is -5.68. The molecule has 7 aromatic rings. The molecule has 2 saturated carbocycles. The number of hydrogen-bond acceptors (Lipinski definition) is 4. The van der Waals surface area contributed by atoms with E-state index in [0.29, 0.717) is 0 Å². The molecule has 4 atom stereocenters. The molecular formula is C73H86BN3O. The second-order valence-electron chi connectivity index (χ2n) is 31.5. The maximum Gasteiger partial charge on any atom is 0.297 e. The number of furan rings is 1. The molecule has 3 aliphatic heterocycles. The summed E-state index contributed by atoms with van der Waals surface area (Å²) in [6.45, 7) is 41.3. The minimum atomic E-state index is -0.155. The molecule has 14 rings (SSSR count). The van der Waals surface area contributed by atoms with E-state index in [4.69, 9.17) is 4.42 Å². The van der Waals surface area contributed by atoms with Gasteiger partial charge in [0.2, 0.25) is 0 Å². The predicted molar refractivity (Wildman–Crippen MR) is 333 cm³/mol. The van der Waals surface area contributed by atoms with Crippen LogP contribution in [0.5, 0.6) is 0 Å². The Morgan fingerprint density at radius 1 is 0.449 bits per heavy atom. The topological polar surface area (TPSA) is 22.9 Å². The van der Waals surface area contributed by atoms with Crippen LogP contribution in [0.4, 0.5) is 45.5 Å². The summed E-state index contributed by atoms with van der Waals surface area (Å²) in [5, 5.41) is 1.25. The van der Waals surface area contributed by atoms with Gasteiger partial charge in [-0.15, -0.1) is 0 Å². The Bertz CT molecular complexity index is 3720. The number of hydrogen-bond donors (Lipinski definition) is 0. The van der Waals surface area contributed by atoms with E-state index in [2.05, 4.69) is 236 Å². The van der Waals surface area contributed by atoms with Crippen molar-refractivity contribution in [3.8, 4) is 0 Å². The maximum absolute atomic E-state index is 7.81. The van der Waals surface area contributed by atoms with Crippen molar-refractivity contribution in [3.63, 3.8) is 0 Å². The lowest BCUT2D eigenvalue weighted by molar-refractivity contribution is 0.195. The molecule has 2 fully saturated rings. The second-order valence-corrected chi connectivity index (χ2v) is 31.5. The third-order valence-electron chi connectivity index (χ3n) is 22.3. The summed E-state index contributed by atoms with van der Waals surface area (Å²) in [7, 11) is 0. The van der Waals surface area contributed by atoms with Gasteiger partial charge < -0.3 is 19.1 Å². The molecule has 2 bridgehead atoms. The zero-order valence-electron chi connectivity index (χ0n) is 50.5. The third kappa shape index (κ3) is 6.78. The molecule has 1 aromatic heterocycles. The summed E-state index contributed by atoms with van der Waals surface area (Å²) in [5.74, 6) is 0. The Morgan fingerprint density at radius 2 is 1.01 bits per heavy atom. The lowest BCUT2D eigenvalue weighted by atomic mass is 9.35.